The first-order valence-electron chi connectivity index (χ1n) is 5.58. The summed E-state index contributed by atoms with van der Waals surface area (Å²) in [6, 6.07) is 0.337. The highest BCUT2D eigenvalue weighted by Gasteiger charge is 2.27. The van der Waals surface area contributed by atoms with Crippen LogP contribution >= 0.6 is 0 Å². The van der Waals surface area contributed by atoms with Crippen molar-refractivity contribution < 1.29 is 9.53 Å². The van der Waals surface area contributed by atoms with E-state index < -0.39 is 0 Å². The summed E-state index contributed by atoms with van der Waals surface area (Å²) >= 11 is 0. The molecule has 1 saturated heterocycles. The zero-order chi connectivity index (χ0) is 10.4. The van der Waals surface area contributed by atoms with Crippen LogP contribution in [0.4, 0.5) is 0 Å². The van der Waals surface area contributed by atoms with Gasteiger partial charge < -0.3 is 9.64 Å². The Hall–Kier alpha value is -0.570. The molecule has 0 aromatic heterocycles. The molecule has 0 radical (unpaired) electrons. The first-order chi connectivity index (χ1) is 6.79. The first kappa shape index (κ1) is 11.5. The van der Waals surface area contributed by atoms with Crippen LogP contribution in [0.2, 0.25) is 0 Å². The quantitative estimate of drug-likeness (QED) is 0.676. The summed E-state index contributed by atoms with van der Waals surface area (Å²) in [5, 5.41) is 0. The van der Waals surface area contributed by atoms with Gasteiger partial charge in [0.25, 0.3) is 0 Å². The Morgan fingerprint density at radius 3 is 3.00 bits per heavy atom. The highest BCUT2D eigenvalue weighted by molar-refractivity contribution is 5.76. The lowest BCUT2D eigenvalue weighted by atomic mass is 10.2. The second kappa shape index (κ2) is 6.02. The van der Waals surface area contributed by atoms with Gasteiger partial charge in [0.05, 0.1) is 12.6 Å². The van der Waals surface area contributed by atoms with Crippen LogP contribution in [0.25, 0.3) is 0 Å². The Balaban J connectivity index is 2.36. The smallest absolute Gasteiger partial charge is 0.222 e. The summed E-state index contributed by atoms with van der Waals surface area (Å²) in [7, 11) is 1.70. The molecule has 14 heavy (non-hydrogen) atoms. The molecule has 0 aromatic carbocycles. The van der Waals surface area contributed by atoms with Gasteiger partial charge in [-0.2, -0.15) is 0 Å². The van der Waals surface area contributed by atoms with E-state index in [-0.39, 0.29) is 0 Å². The average molecular weight is 199 g/mol. The molecule has 82 valence electrons. The number of carbonyl (C=O) groups excluding carboxylic acids is 1. The van der Waals surface area contributed by atoms with E-state index in [0.717, 1.165) is 32.2 Å². The zero-order valence-corrected chi connectivity index (χ0v) is 9.29. The van der Waals surface area contributed by atoms with Gasteiger partial charge in [-0.1, -0.05) is 13.3 Å². The molecule has 0 spiro atoms. The summed E-state index contributed by atoms with van der Waals surface area (Å²) in [5.74, 6) is 0.311. The van der Waals surface area contributed by atoms with Gasteiger partial charge in [0, 0.05) is 20.1 Å². The van der Waals surface area contributed by atoms with Crippen LogP contribution in [0.15, 0.2) is 0 Å². The number of nitrogens with zero attached hydrogens (tertiary/aromatic N) is 1. The van der Waals surface area contributed by atoms with Crippen molar-refractivity contribution in [1.82, 2.24) is 4.90 Å². The van der Waals surface area contributed by atoms with Gasteiger partial charge in [0.15, 0.2) is 0 Å². The van der Waals surface area contributed by atoms with Crippen LogP contribution in [0, 0.1) is 0 Å². The summed E-state index contributed by atoms with van der Waals surface area (Å²) in [6.07, 6.45) is 5.04. The first-order valence-corrected chi connectivity index (χ1v) is 5.58. The number of ether oxygens (including phenoxy) is 1. The Morgan fingerprint density at radius 2 is 2.36 bits per heavy atom. The van der Waals surface area contributed by atoms with Gasteiger partial charge in [-0.3, -0.25) is 4.79 Å². The predicted molar refractivity (Wildman–Crippen MR) is 56.1 cm³/mol. The van der Waals surface area contributed by atoms with E-state index in [2.05, 4.69) is 6.92 Å². The molecule has 1 unspecified atom stereocenters. The van der Waals surface area contributed by atoms with E-state index in [1.54, 1.807) is 7.11 Å². The minimum atomic E-state index is 0.311. The van der Waals surface area contributed by atoms with Crippen LogP contribution in [0.1, 0.15) is 39.0 Å². The number of rotatable bonds is 5. The lowest BCUT2D eigenvalue weighted by molar-refractivity contribution is -0.133. The molecule has 0 saturated carbocycles. The van der Waals surface area contributed by atoms with Crippen LogP contribution in [-0.4, -0.2) is 37.1 Å². The van der Waals surface area contributed by atoms with Crippen molar-refractivity contribution in [2.75, 3.05) is 20.3 Å². The third-order valence-corrected chi connectivity index (χ3v) is 2.80. The maximum atomic E-state index is 11.8. The SMILES string of the molecule is CCCCC(=O)N1CCCC1COC. The number of amides is 1. The second-order valence-electron chi connectivity index (χ2n) is 3.94. The number of methoxy groups -OCH3 is 1. The molecular weight excluding hydrogens is 178 g/mol. The fourth-order valence-electron chi connectivity index (χ4n) is 2.00. The van der Waals surface area contributed by atoms with Crippen LogP contribution < -0.4 is 0 Å². The maximum absolute atomic E-state index is 11.8. The number of hydrogen-bond acceptors (Lipinski definition) is 2. The van der Waals surface area contributed by atoms with Gasteiger partial charge >= 0.3 is 0 Å². The van der Waals surface area contributed by atoms with E-state index >= 15 is 0 Å². The Morgan fingerprint density at radius 1 is 1.57 bits per heavy atom. The highest BCUT2D eigenvalue weighted by atomic mass is 16.5. The standard InChI is InChI=1S/C11H21NO2/c1-3-4-7-11(13)12-8-5-6-10(12)9-14-2/h10H,3-9H2,1-2H3. The molecule has 1 atom stereocenters. The Bertz CT molecular complexity index is 182. The molecule has 3 heteroatoms. The van der Waals surface area contributed by atoms with Gasteiger partial charge in [0.2, 0.25) is 5.91 Å². The largest absolute Gasteiger partial charge is 0.383 e. The van der Waals surface area contributed by atoms with E-state index in [0.29, 0.717) is 25.0 Å². The number of carbonyl (C=O) groups is 1. The fourth-order valence-corrected chi connectivity index (χ4v) is 2.00. The number of unbranched alkanes of at least 4 members (excludes halogenated alkanes) is 1. The van der Waals surface area contributed by atoms with E-state index in [1.165, 1.54) is 0 Å². The van der Waals surface area contributed by atoms with Gasteiger partial charge in [-0.05, 0) is 19.3 Å². The van der Waals surface area contributed by atoms with Crippen molar-refractivity contribution in [2.24, 2.45) is 0 Å². The third-order valence-electron chi connectivity index (χ3n) is 2.80. The monoisotopic (exact) mass is 199 g/mol. The molecule has 0 aromatic rings. The molecule has 0 bridgehead atoms. The lowest BCUT2D eigenvalue weighted by Gasteiger charge is -2.24. The van der Waals surface area contributed by atoms with E-state index in [4.69, 9.17) is 4.74 Å². The van der Waals surface area contributed by atoms with Gasteiger partial charge in [0.1, 0.15) is 0 Å². The third kappa shape index (κ3) is 2.98. The minimum absolute atomic E-state index is 0.311. The van der Waals surface area contributed by atoms with Crippen molar-refractivity contribution in [3.63, 3.8) is 0 Å². The summed E-state index contributed by atoms with van der Waals surface area (Å²) in [4.78, 5) is 13.8. The minimum Gasteiger partial charge on any atom is -0.383 e. The molecule has 1 aliphatic heterocycles. The van der Waals surface area contributed by atoms with Gasteiger partial charge in [-0.15, -0.1) is 0 Å². The number of likely N-dealkylation sites (tertiary alicyclic amines) is 1. The fraction of sp³-hybridized carbons (Fsp3) is 0.909. The highest BCUT2D eigenvalue weighted by Crippen LogP contribution is 2.18. The van der Waals surface area contributed by atoms with Crippen LogP contribution in [0.5, 0.6) is 0 Å². The molecule has 1 heterocycles. The Labute approximate surface area is 86.4 Å². The predicted octanol–water partition coefficient (Wildman–Crippen LogP) is 1.81. The normalized spacial score (nSPS) is 21.6. The van der Waals surface area contributed by atoms with Crippen molar-refractivity contribution in [3.8, 4) is 0 Å². The summed E-state index contributed by atoms with van der Waals surface area (Å²) in [5.41, 5.74) is 0. The van der Waals surface area contributed by atoms with Crippen molar-refractivity contribution in [3.05, 3.63) is 0 Å². The molecule has 0 N–H and O–H groups in total. The second-order valence-corrected chi connectivity index (χ2v) is 3.94. The van der Waals surface area contributed by atoms with E-state index in [1.807, 2.05) is 4.90 Å². The van der Waals surface area contributed by atoms with Crippen molar-refractivity contribution in [1.29, 1.82) is 0 Å². The Kier molecular flexibility index (Phi) is 4.94. The van der Waals surface area contributed by atoms with Gasteiger partial charge in [-0.25, -0.2) is 0 Å². The lowest BCUT2D eigenvalue weighted by Crippen LogP contribution is -2.37. The molecule has 1 fully saturated rings. The van der Waals surface area contributed by atoms with E-state index in [9.17, 15) is 4.79 Å². The summed E-state index contributed by atoms with van der Waals surface area (Å²) < 4.78 is 5.12. The molecular formula is C11H21NO2. The molecule has 3 nitrogen and oxygen atoms in total. The van der Waals surface area contributed by atoms with Crippen LogP contribution in [0.3, 0.4) is 0 Å². The molecule has 1 rings (SSSR count). The topological polar surface area (TPSA) is 29.5 Å². The van der Waals surface area contributed by atoms with Crippen LogP contribution in [-0.2, 0) is 9.53 Å². The summed E-state index contributed by atoms with van der Waals surface area (Å²) in [6.45, 7) is 3.73. The van der Waals surface area contributed by atoms with Crippen molar-refractivity contribution >= 4 is 5.91 Å². The molecule has 0 aliphatic carbocycles. The average Bonchev–Trinajstić information content (AvgIpc) is 2.63. The number of hydrogen-bond donors (Lipinski definition) is 0. The zero-order valence-electron chi connectivity index (χ0n) is 9.29. The van der Waals surface area contributed by atoms with Crippen molar-refractivity contribution in [2.45, 2.75) is 45.1 Å². The maximum Gasteiger partial charge on any atom is 0.222 e. The molecule has 1 aliphatic rings. The molecule has 1 amide bonds.